The quantitative estimate of drug-likeness (QED) is 0.640. The molecule has 0 fully saturated rings. The minimum Gasteiger partial charge on any atom is -0.398 e. The van der Waals surface area contributed by atoms with Gasteiger partial charge in [-0.1, -0.05) is 0 Å². The van der Waals surface area contributed by atoms with Crippen molar-refractivity contribution < 1.29 is 13.6 Å². The lowest BCUT2D eigenvalue weighted by Gasteiger charge is -2.09. The highest BCUT2D eigenvalue weighted by atomic mass is 19.3. The number of carbonyl (C=O) groups is 1. The Morgan fingerprint density at radius 1 is 1.43 bits per heavy atom. The molecule has 0 unspecified atom stereocenters. The molecule has 0 aliphatic rings. The van der Waals surface area contributed by atoms with Crippen molar-refractivity contribution in [3.8, 4) is 0 Å². The molecule has 0 radical (unpaired) electrons. The number of aromatic nitrogens is 1. The second-order valence-corrected chi connectivity index (χ2v) is 2.55. The predicted molar refractivity (Wildman–Crippen MR) is 46.5 cm³/mol. The molecule has 0 spiro atoms. The van der Waals surface area contributed by atoms with Crippen molar-refractivity contribution in [1.29, 1.82) is 0 Å². The van der Waals surface area contributed by atoms with Crippen LogP contribution in [-0.2, 0) is 0 Å². The molecule has 1 amide bonds. The molecule has 76 valence electrons. The topological polar surface area (TPSA) is 108 Å². The van der Waals surface area contributed by atoms with E-state index in [9.17, 15) is 13.6 Å². The normalized spacial score (nSPS) is 10.5. The number of halogens is 2. The number of nitrogens with two attached hydrogens (primary N) is 3. The van der Waals surface area contributed by atoms with Crippen LogP contribution in [0, 0.1) is 0 Å². The highest BCUT2D eigenvalue weighted by molar-refractivity contribution is 6.02. The largest absolute Gasteiger partial charge is 0.398 e. The fraction of sp³-hybridized carbons (Fsp3) is 0.143. The summed E-state index contributed by atoms with van der Waals surface area (Å²) in [6.45, 7) is 0. The lowest BCUT2D eigenvalue weighted by Crippen LogP contribution is -2.18. The lowest BCUT2D eigenvalue weighted by molar-refractivity contribution is 0.100. The zero-order chi connectivity index (χ0) is 10.9. The van der Waals surface area contributed by atoms with Crippen molar-refractivity contribution >= 4 is 17.4 Å². The second kappa shape index (κ2) is 3.44. The van der Waals surface area contributed by atoms with Crippen molar-refractivity contribution in [2.24, 2.45) is 5.73 Å². The zero-order valence-corrected chi connectivity index (χ0v) is 7.00. The molecule has 0 atom stereocenters. The Morgan fingerprint density at radius 3 is 2.43 bits per heavy atom. The fourth-order valence-corrected chi connectivity index (χ4v) is 0.988. The highest BCUT2D eigenvalue weighted by Gasteiger charge is 2.20. The summed E-state index contributed by atoms with van der Waals surface area (Å²) in [7, 11) is 0. The predicted octanol–water partition coefficient (Wildman–Crippen LogP) is 0.282. The van der Waals surface area contributed by atoms with Gasteiger partial charge in [0.15, 0.2) is 0 Å². The van der Waals surface area contributed by atoms with Gasteiger partial charge in [0.25, 0.3) is 12.3 Å². The van der Waals surface area contributed by atoms with Crippen molar-refractivity contribution in [3.05, 3.63) is 17.3 Å². The Bertz CT molecular complexity index is 380. The zero-order valence-electron chi connectivity index (χ0n) is 7.00. The van der Waals surface area contributed by atoms with E-state index in [1.54, 1.807) is 0 Å². The van der Waals surface area contributed by atoms with E-state index < -0.39 is 23.6 Å². The molecule has 1 aromatic heterocycles. The maximum absolute atomic E-state index is 12.3. The molecule has 0 saturated heterocycles. The first-order chi connectivity index (χ1) is 6.45. The summed E-state index contributed by atoms with van der Waals surface area (Å²) >= 11 is 0. The van der Waals surface area contributed by atoms with Crippen LogP contribution < -0.4 is 17.2 Å². The van der Waals surface area contributed by atoms with Crippen LogP contribution >= 0.6 is 0 Å². The number of hydrogen-bond acceptors (Lipinski definition) is 4. The van der Waals surface area contributed by atoms with E-state index in [1.807, 2.05) is 0 Å². The maximum atomic E-state index is 12.3. The van der Waals surface area contributed by atoms with Crippen LogP contribution in [-0.4, -0.2) is 10.9 Å². The van der Waals surface area contributed by atoms with E-state index in [2.05, 4.69) is 4.98 Å². The first-order valence-electron chi connectivity index (χ1n) is 3.57. The third-order valence-corrected chi connectivity index (χ3v) is 1.66. The fourth-order valence-electron chi connectivity index (χ4n) is 0.988. The molecule has 1 aromatic rings. The van der Waals surface area contributed by atoms with Gasteiger partial charge in [-0.2, -0.15) is 0 Å². The van der Waals surface area contributed by atoms with Crippen molar-refractivity contribution in [1.82, 2.24) is 4.98 Å². The summed E-state index contributed by atoms with van der Waals surface area (Å²) in [4.78, 5) is 14.2. The summed E-state index contributed by atoms with van der Waals surface area (Å²) in [5.74, 6) is -1.23. The van der Waals surface area contributed by atoms with Crippen molar-refractivity contribution in [2.45, 2.75) is 6.43 Å². The second-order valence-electron chi connectivity index (χ2n) is 2.55. The molecule has 1 heterocycles. The number of hydrogen-bond donors (Lipinski definition) is 3. The Kier molecular flexibility index (Phi) is 2.50. The molecule has 1 rings (SSSR count). The van der Waals surface area contributed by atoms with Crippen LogP contribution in [0.3, 0.4) is 0 Å². The summed E-state index contributed by atoms with van der Waals surface area (Å²) in [6, 6.07) is 0. The first-order valence-corrected chi connectivity index (χ1v) is 3.57. The third kappa shape index (κ3) is 1.56. The molecular formula is C7H8F2N4O. The van der Waals surface area contributed by atoms with Crippen LogP contribution in [0.4, 0.5) is 20.3 Å². The van der Waals surface area contributed by atoms with Crippen molar-refractivity contribution in [2.75, 3.05) is 11.5 Å². The Hall–Kier alpha value is -1.92. The molecule has 0 aliphatic heterocycles. The lowest BCUT2D eigenvalue weighted by atomic mass is 10.1. The van der Waals surface area contributed by atoms with E-state index >= 15 is 0 Å². The van der Waals surface area contributed by atoms with E-state index in [4.69, 9.17) is 17.2 Å². The van der Waals surface area contributed by atoms with Crippen LogP contribution in [0.25, 0.3) is 0 Å². The average molecular weight is 202 g/mol. The molecule has 5 nitrogen and oxygen atoms in total. The summed E-state index contributed by atoms with van der Waals surface area (Å²) in [5, 5.41) is 0. The van der Waals surface area contributed by atoms with Gasteiger partial charge in [-0.15, -0.1) is 0 Å². The summed E-state index contributed by atoms with van der Waals surface area (Å²) in [6.07, 6.45) is -2.00. The molecule has 6 N–H and O–H groups in total. The van der Waals surface area contributed by atoms with Gasteiger partial charge in [0.2, 0.25) is 0 Å². The number of rotatable bonds is 2. The van der Waals surface area contributed by atoms with Gasteiger partial charge in [0.1, 0.15) is 11.4 Å². The van der Waals surface area contributed by atoms with Gasteiger partial charge in [0, 0.05) is 6.20 Å². The number of alkyl halides is 2. The summed E-state index contributed by atoms with van der Waals surface area (Å²) < 4.78 is 24.6. The van der Waals surface area contributed by atoms with Gasteiger partial charge in [-0.25, -0.2) is 13.8 Å². The number of amides is 1. The highest BCUT2D eigenvalue weighted by Crippen LogP contribution is 2.28. The van der Waals surface area contributed by atoms with Gasteiger partial charge in [0.05, 0.1) is 11.3 Å². The number of nitrogen functional groups attached to an aromatic ring is 2. The minimum absolute atomic E-state index is 0.251. The molecular weight excluding hydrogens is 194 g/mol. The molecule has 0 bridgehead atoms. The van der Waals surface area contributed by atoms with E-state index in [0.29, 0.717) is 0 Å². The van der Waals surface area contributed by atoms with Crippen LogP contribution in [0.15, 0.2) is 6.20 Å². The number of carbonyl (C=O) groups excluding carboxylic acids is 1. The van der Waals surface area contributed by atoms with E-state index in [1.165, 1.54) is 0 Å². The molecule has 0 aromatic carbocycles. The smallest absolute Gasteiger partial charge is 0.267 e. The van der Waals surface area contributed by atoms with E-state index in [-0.39, 0.29) is 11.4 Å². The van der Waals surface area contributed by atoms with Crippen LogP contribution in [0.5, 0.6) is 0 Å². The molecule has 0 saturated carbocycles. The number of anilines is 2. The standard InChI is InChI=1S/C7H8F2N4O/c8-5(9)2-1-13-6(11)3(4(2)10)7(12)14/h1,5H,(H2,12,14)(H4,10,11,13). The van der Waals surface area contributed by atoms with E-state index in [0.717, 1.165) is 6.20 Å². The molecule has 7 heteroatoms. The number of pyridine rings is 1. The number of nitrogens with zero attached hydrogens (tertiary/aromatic N) is 1. The first kappa shape index (κ1) is 10.2. The Labute approximate surface area is 77.9 Å². The third-order valence-electron chi connectivity index (χ3n) is 1.66. The van der Waals surface area contributed by atoms with Gasteiger partial charge in [-0.3, -0.25) is 4.79 Å². The van der Waals surface area contributed by atoms with Gasteiger partial charge < -0.3 is 17.2 Å². The molecule has 14 heavy (non-hydrogen) atoms. The Balaban J connectivity index is 3.41. The number of primary amides is 1. The minimum atomic E-state index is -2.82. The van der Waals surface area contributed by atoms with Crippen molar-refractivity contribution in [3.63, 3.8) is 0 Å². The van der Waals surface area contributed by atoms with Crippen LogP contribution in [0.2, 0.25) is 0 Å². The summed E-state index contributed by atoms with van der Waals surface area (Å²) in [5.41, 5.74) is 14.1. The average Bonchev–Trinajstić information content (AvgIpc) is 2.02. The Morgan fingerprint density at radius 2 is 2.00 bits per heavy atom. The van der Waals surface area contributed by atoms with Gasteiger partial charge in [-0.05, 0) is 0 Å². The van der Waals surface area contributed by atoms with Crippen LogP contribution in [0.1, 0.15) is 22.3 Å². The maximum Gasteiger partial charge on any atom is 0.267 e. The van der Waals surface area contributed by atoms with Gasteiger partial charge >= 0.3 is 0 Å². The molecule has 0 aliphatic carbocycles. The SMILES string of the molecule is NC(=O)c1c(N)ncc(C(F)F)c1N. The monoisotopic (exact) mass is 202 g/mol.